The molecule has 0 radical (unpaired) electrons. The average molecular weight is 523 g/mol. The SMILES string of the molecule is C.CCC[C@H](CN1CCC(C2C=CC(Cl)CC2)C(C)(C)C1)NCC1=CC=CC(CO)C1.O.O.O.O. The molecule has 0 spiro atoms. The normalized spacial score (nSPS) is 28.1. The molecule has 35 heavy (non-hydrogen) atoms. The fourth-order valence-electron chi connectivity index (χ4n) is 5.85. The average Bonchev–Trinajstić information content (AvgIpc) is 2.73. The van der Waals surface area contributed by atoms with Gasteiger partial charge in [-0.25, -0.2) is 0 Å². The van der Waals surface area contributed by atoms with Crippen LogP contribution in [0, 0.1) is 23.2 Å². The van der Waals surface area contributed by atoms with Gasteiger partial charge in [-0.2, -0.15) is 0 Å². The van der Waals surface area contributed by atoms with Crippen LogP contribution in [-0.2, 0) is 0 Å². The van der Waals surface area contributed by atoms with Gasteiger partial charge in [0.05, 0.1) is 5.38 Å². The number of piperidine rings is 1. The lowest BCUT2D eigenvalue weighted by atomic mass is 9.65. The zero-order valence-corrected chi connectivity index (χ0v) is 22.1. The molecular weight excluding hydrogens is 468 g/mol. The molecule has 210 valence electrons. The number of alkyl halides is 1. The Bertz CT molecular complexity index is 641. The molecule has 4 unspecified atom stereocenters. The summed E-state index contributed by atoms with van der Waals surface area (Å²) in [4.78, 5) is 2.70. The van der Waals surface area contributed by atoms with Crippen molar-refractivity contribution in [2.75, 3.05) is 32.8 Å². The number of halogens is 1. The van der Waals surface area contributed by atoms with Gasteiger partial charge in [0.2, 0.25) is 0 Å². The molecule has 1 fully saturated rings. The molecule has 10 N–H and O–H groups in total. The second kappa shape index (κ2) is 18.5. The molecular formula is C27H55ClN2O5. The maximum absolute atomic E-state index is 9.45. The first-order valence-electron chi connectivity index (χ1n) is 12.2. The number of nitrogens with one attached hydrogen (secondary N) is 1. The monoisotopic (exact) mass is 522 g/mol. The van der Waals surface area contributed by atoms with Crippen molar-refractivity contribution in [3.05, 3.63) is 36.0 Å². The summed E-state index contributed by atoms with van der Waals surface area (Å²) in [6.45, 7) is 12.0. The summed E-state index contributed by atoms with van der Waals surface area (Å²) in [6.07, 6.45) is 18.2. The smallest absolute Gasteiger partial charge is 0.0516 e. The van der Waals surface area contributed by atoms with Gasteiger partial charge in [0.1, 0.15) is 0 Å². The highest BCUT2D eigenvalue weighted by Gasteiger charge is 2.40. The summed E-state index contributed by atoms with van der Waals surface area (Å²) >= 11 is 6.28. The Balaban J connectivity index is -0.00000205. The second-order valence-corrected chi connectivity index (χ2v) is 11.0. The summed E-state index contributed by atoms with van der Waals surface area (Å²) in [5.41, 5.74) is 1.76. The van der Waals surface area contributed by atoms with Gasteiger partial charge < -0.3 is 37.2 Å². The van der Waals surface area contributed by atoms with Crippen LogP contribution in [0.4, 0.5) is 0 Å². The molecule has 0 aromatic heterocycles. The van der Waals surface area contributed by atoms with E-state index in [-0.39, 0.29) is 41.3 Å². The first kappa shape index (κ1) is 38.8. The van der Waals surface area contributed by atoms with Crippen LogP contribution >= 0.6 is 11.6 Å². The number of hydrogen-bond donors (Lipinski definition) is 2. The zero-order chi connectivity index (χ0) is 21.6. The van der Waals surface area contributed by atoms with E-state index >= 15 is 0 Å². The topological polar surface area (TPSA) is 162 Å². The third-order valence-electron chi connectivity index (χ3n) is 7.46. The van der Waals surface area contributed by atoms with Crippen molar-refractivity contribution < 1.29 is 27.0 Å². The number of nitrogens with zero attached hydrogens (tertiary/aromatic N) is 1. The first-order chi connectivity index (χ1) is 14.4. The van der Waals surface area contributed by atoms with E-state index in [0.29, 0.717) is 23.3 Å². The maximum atomic E-state index is 9.45. The van der Waals surface area contributed by atoms with Crippen molar-refractivity contribution in [1.29, 1.82) is 0 Å². The van der Waals surface area contributed by atoms with E-state index in [1.54, 1.807) is 0 Å². The van der Waals surface area contributed by atoms with E-state index in [2.05, 4.69) is 61.4 Å². The molecule has 7 nitrogen and oxygen atoms in total. The number of rotatable bonds is 9. The molecule has 0 bridgehead atoms. The fraction of sp³-hybridized carbons (Fsp3) is 0.778. The minimum absolute atomic E-state index is 0. The Hall–Kier alpha value is -0.770. The van der Waals surface area contributed by atoms with Crippen molar-refractivity contribution in [2.24, 2.45) is 23.2 Å². The van der Waals surface area contributed by atoms with E-state index in [1.165, 1.54) is 44.3 Å². The largest absolute Gasteiger partial charge is 0.412 e. The highest BCUT2D eigenvalue weighted by molar-refractivity contribution is 6.21. The molecule has 0 aromatic carbocycles. The quantitative estimate of drug-likeness (QED) is 0.352. The zero-order valence-electron chi connectivity index (χ0n) is 21.3. The van der Waals surface area contributed by atoms with Crippen molar-refractivity contribution in [2.45, 2.75) is 78.1 Å². The van der Waals surface area contributed by atoms with Crippen LogP contribution in [-0.4, -0.2) is 76.1 Å². The lowest BCUT2D eigenvalue weighted by Gasteiger charge is -2.48. The summed E-state index contributed by atoms with van der Waals surface area (Å²) in [6, 6.07) is 0.535. The predicted octanol–water partition coefficient (Wildman–Crippen LogP) is 2.50. The Labute approximate surface area is 218 Å². The molecule has 3 rings (SSSR count). The molecule has 0 amide bonds. The van der Waals surface area contributed by atoms with Gasteiger partial charge in [-0.3, -0.25) is 0 Å². The van der Waals surface area contributed by atoms with Crippen molar-refractivity contribution in [1.82, 2.24) is 10.2 Å². The minimum Gasteiger partial charge on any atom is -0.412 e. The fourth-order valence-corrected chi connectivity index (χ4v) is 6.06. The number of aliphatic hydroxyl groups is 1. The summed E-state index contributed by atoms with van der Waals surface area (Å²) in [5.74, 6) is 1.76. The van der Waals surface area contributed by atoms with Gasteiger partial charge in [-0.05, 0) is 55.9 Å². The molecule has 3 aliphatic rings. The van der Waals surface area contributed by atoms with Gasteiger partial charge in [0.25, 0.3) is 0 Å². The Kier molecular flexibility index (Phi) is 20.5. The Morgan fingerprint density at radius 3 is 2.40 bits per heavy atom. The highest BCUT2D eigenvalue weighted by atomic mass is 35.5. The summed E-state index contributed by atoms with van der Waals surface area (Å²) in [7, 11) is 0. The lowest BCUT2D eigenvalue weighted by Crippen LogP contribution is -2.52. The van der Waals surface area contributed by atoms with E-state index in [9.17, 15) is 5.11 Å². The van der Waals surface area contributed by atoms with Gasteiger partial charge in [-0.15, -0.1) is 11.6 Å². The molecule has 1 heterocycles. The van der Waals surface area contributed by atoms with Crippen molar-refractivity contribution in [3.8, 4) is 0 Å². The van der Waals surface area contributed by atoms with Crippen LogP contribution in [0.15, 0.2) is 36.0 Å². The van der Waals surface area contributed by atoms with Crippen LogP contribution in [0.5, 0.6) is 0 Å². The number of allylic oxidation sites excluding steroid dienone is 4. The summed E-state index contributed by atoms with van der Waals surface area (Å²) < 4.78 is 0. The van der Waals surface area contributed by atoms with Crippen LogP contribution < -0.4 is 5.32 Å². The first-order valence-corrected chi connectivity index (χ1v) is 12.6. The second-order valence-electron chi connectivity index (χ2n) is 10.5. The van der Waals surface area contributed by atoms with Crippen LogP contribution in [0.25, 0.3) is 0 Å². The minimum atomic E-state index is 0. The molecule has 0 aromatic rings. The molecule has 1 saturated heterocycles. The molecule has 0 saturated carbocycles. The van der Waals surface area contributed by atoms with Gasteiger partial charge in [0.15, 0.2) is 0 Å². The van der Waals surface area contributed by atoms with Gasteiger partial charge >= 0.3 is 0 Å². The Morgan fingerprint density at radius 1 is 1.11 bits per heavy atom. The van der Waals surface area contributed by atoms with E-state index in [4.69, 9.17) is 11.6 Å². The van der Waals surface area contributed by atoms with E-state index < -0.39 is 0 Å². The molecule has 2 aliphatic carbocycles. The van der Waals surface area contributed by atoms with Crippen LogP contribution in [0.2, 0.25) is 0 Å². The third-order valence-corrected chi connectivity index (χ3v) is 7.82. The predicted molar refractivity (Wildman–Crippen MR) is 150 cm³/mol. The molecule has 1 aliphatic heterocycles. The standard InChI is InChI=1S/C26H43ClN2O.CH4.4H2O/c1-4-6-24(28-16-20-7-5-8-21(15-20)18-30)17-29-14-13-25(26(2,3)19-29)22-9-11-23(27)12-10-22;;;;;/h5,7-9,11,21-25,28,30H,4,6,10,12-19H2,1-3H3;1H4;4*1H2/t21?,22?,23?,24-,25?;;;;;/m1...../s1. The van der Waals surface area contributed by atoms with Gasteiger partial charge in [-0.1, -0.05) is 70.6 Å². The van der Waals surface area contributed by atoms with Crippen LogP contribution in [0.1, 0.15) is 66.7 Å². The third kappa shape index (κ3) is 11.4. The van der Waals surface area contributed by atoms with E-state index in [1.807, 2.05) is 0 Å². The Morgan fingerprint density at radius 2 is 1.83 bits per heavy atom. The summed E-state index contributed by atoms with van der Waals surface area (Å²) in [5, 5.41) is 13.5. The maximum Gasteiger partial charge on any atom is 0.0516 e. The molecule has 8 heteroatoms. The lowest BCUT2D eigenvalue weighted by molar-refractivity contribution is 0.0243. The van der Waals surface area contributed by atoms with Crippen LogP contribution in [0.3, 0.4) is 0 Å². The van der Waals surface area contributed by atoms with Gasteiger partial charge in [0, 0.05) is 38.2 Å². The molecule has 5 atom stereocenters. The highest BCUT2D eigenvalue weighted by Crippen LogP contribution is 2.43. The number of aliphatic hydroxyl groups excluding tert-OH is 1. The number of likely N-dealkylation sites (tertiary alicyclic amines) is 1. The number of hydrogen-bond acceptors (Lipinski definition) is 3. The van der Waals surface area contributed by atoms with Crippen molar-refractivity contribution in [3.63, 3.8) is 0 Å². The van der Waals surface area contributed by atoms with Crippen molar-refractivity contribution >= 4 is 11.6 Å². The van der Waals surface area contributed by atoms with E-state index in [0.717, 1.165) is 31.8 Å².